The van der Waals surface area contributed by atoms with Crippen LogP contribution in [0.5, 0.6) is 0 Å². The molecule has 0 unspecified atom stereocenters. The van der Waals surface area contributed by atoms with E-state index in [0.717, 1.165) is 55.6 Å². The van der Waals surface area contributed by atoms with Gasteiger partial charge in [-0.1, -0.05) is 83.7 Å². The summed E-state index contributed by atoms with van der Waals surface area (Å²) in [6, 6.07) is 42.6. The molecule has 0 aliphatic heterocycles. The Hall–Kier alpha value is -4.44. The van der Waals surface area contributed by atoms with E-state index in [1.807, 2.05) is 60.7 Å². The van der Waals surface area contributed by atoms with Crippen LogP contribution in [0, 0.1) is 17.9 Å². The molecule has 0 atom stereocenters. The summed E-state index contributed by atoms with van der Waals surface area (Å²) in [4.78, 5) is 8.58. The van der Waals surface area contributed by atoms with Gasteiger partial charge in [-0.3, -0.25) is 4.39 Å². The number of rotatable bonds is 3. The third-order valence-electron chi connectivity index (χ3n) is 6.18. The van der Waals surface area contributed by atoms with Crippen molar-refractivity contribution in [2.75, 3.05) is 0 Å². The second-order valence-corrected chi connectivity index (χ2v) is 8.60. The van der Waals surface area contributed by atoms with E-state index in [1.165, 1.54) is 12.1 Å². The molecule has 0 saturated carbocycles. The van der Waals surface area contributed by atoms with Gasteiger partial charge < -0.3 is 14.4 Å². The van der Waals surface area contributed by atoms with Crippen molar-refractivity contribution in [3.05, 3.63) is 146 Å². The summed E-state index contributed by atoms with van der Waals surface area (Å²) in [5, 5.41) is 2.20. The van der Waals surface area contributed by atoms with Crippen molar-refractivity contribution in [3.8, 4) is 33.6 Å². The minimum atomic E-state index is -0.278. The minimum Gasteiger partial charge on any atom is -0.500 e. The molecule has 0 bridgehead atoms. The molecule has 0 N–H and O–H groups in total. The van der Waals surface area contributed by atoms with Crippen LogP contribution in [0.3, 0.4) is 0 Å². The zero-order chi connectivity index (χ0) is 25.7. The van der Waals surface area contributed by atoms with Crippen LogP contribution in [0.4, 0.5) is 4.39 Å². The number of aromatic nitrogens is 2. The fraction of sp³-hybridized carbons (Fsp3) is 0. The Labute approximate surface area is 239 Å². The van der Waals surface area contributed by atoms with Crippen molar-refractivity contribution in [1.82, 2.24) is 9.97 Å². The van der Waals surface area contributed by atoms with Crippen LogP contribution in [0.1, 0.15) is 0 Å². The third-order valence-corrected chi connectivity index (χ3v) is 6.18. The second kappa shape index (κ2) is 12.0. The molecule has 7 rings (SSSR count). The van der Waals surface area contributed by atoms with Gasteiger partial charge in [-0.05, 0) is 29.1 Å². The van der Waals surface area contributed by atoms with Crippen molar-refractivity contribution in [2.24, 2.45) is 0 Å². The third kappa shape index (κ3) is 5.56. The maximum atomic E-state index is 12.6. The van der Waals surface area contributed by atoms with Gasteiger partial charge in [0.15, 0.2) is 0 Å². The molecule has 0 aliphatic carbocycles. The summed E-state index contributed by atoms with van der Waals surface area (Å²) in [7, 11) is 0. The molecule has 7 aromatic rings. The molecule has 3 heterocycles. The van der Waals surface area contributed by atoms with Crippen LogP contribution >= 0.6 is 0 Å². The number of para-hydroxylation sites is 1. The Balaban J connectivity index is 0.000000187. The first-order chi connectivity index (χ1) is 18.8. The van der Waals surface area contributed by atoms with Crippen molar-refractivity contribution in [1.29, 1.82) is 0 Å². The van der Waals surface area contributed by atoms with E-state index in [0.29, 0.717) is 0 Å². The minimum absolute atomic E-state index is 0. The number of hydrogen-bond donors (Lipinski definition) is 0. The van der Waals surface area contributed by atoms with Crippen LogP contribution < -0.4 is 0 Å². The monoisotopic (exact) mass is 685 g/mol. The van der Waals surface area contributed by atoms with E-state index in [4.69, 9.17) is 4.42 Å². The number of nitrogens with zero attached hydrogens (tertiary/aromatic N) is 2. The van der Waals surface area contributed by atoms with Gasteiger partial charge in [-0.15, -0.1) is 48.0 Å². The summed E-state index contributed by atoms with van der Waals surface area (Å²) >= 11 is 0. The molecular formula is C34H21FIrN2O-2. The molecule has 0 amide bonds. The number of pyridine rings is 2. The quantitative estimate of drug-likeness (QED) is 0.175. The summed E-state index contributed by atoms with van der Waals surface area (Å²) in [6.07, 6.45) is 3.49. The smallest absolute Gasteiger partial charge is 0.128 e. The second-order valence-electron chi connectivity index (χ2n) is 8.60. The van der Waals surface area contributed by atoms with Gasteiger partial charge in [0, 0.05) is 49.3 Å². The van der Waals surface area contributed by atoms with Crippen LogP contribution in [0.15, 0.2) is 132 Å². The van der Waals surface area contributed by atoms with E-state index < -0.39 is 0 Å². The fourth-order valence-electron chi connectivity index (χ4n) is 4.40. The zero-order valence-electron chi connectivity index (χ0n) is 20.6. The van der Waals surface area contributed by atoms with Crippen molar-refractivity contribution in [3.63, 3.8) is 0 Å². The molecule has 3 aromatic heterocycles. The molecule has 4 aromatic carbocycles. The van der Waals surface area contributed by atoms with Gasteiger partial charge in [0.05, 0.1) is 5.58 Å². The maximum Gasteiger partial charge on any atom is 0.128 e. The summed E-state index contributed by atoms with van der Waals surface area (Å²) < 4.78 is 18.9. The number of halogens is 1. The van der Waals surface area contributed by atoms with E-state index in [1.54, 1.807) is 18.5 Å². The molecule has 5 heteroatoms. The van der Waals surface area contributed by atoms with Crippen molar-refractivity contribution >= 4 is 21.9 Å². The normalized spacial score (nSPS) is 10.5. The topological polar surface area (TPSA) is 38.9 Å². The predicted molar refractivity (Wildman–Crippen MR) is 150 cm³/mol. The molecule has 0 saturated heterocycles. The van der Waals surface area contributed by atoms with Crippen LogP contribution in [0.25, 0.3) is 55.6 Å². The first-order valence-electron chi connectivity index (χ1n) is 12.2. The predicted octanol–water partition coefficient (Wildman–Crippen LogP) is 8.80. The van der Waals surface area contributed by atoms with Gasteiger partial charge in [0.25, 0.3) is 0 Å². The molecular weight excluding hydrogens is 664 g/mol. The fourth-order valence-corrected chi connectivity index (χ4v) is 4.40. The maximum absolute atomic E-state index is 12.6. The van der Waals surface area contributed by atoms with E-state index in [2.05, 4.69) is 58.5 Å². The van der Waals surface area contributed by atoms with Crippen molar-refractivity contribution < 1.29 is 28.9 Å². The van der Waals surface area contributed by atoms with Gasteiger partial charge in [-0.25, -0.2) is 0 Å². The van der Waals surface area contributed by atoms with Crippen LogP contribution in [-0.2, 0) is 20.1 Å². The van der Waals surface area contributed by atoms with E-state index in [9.17, 15) is 4.39 Å². The van der Waals surface area contributed by atoms with Crippen LogP contribution in [0.2, 0.25) is 0 Å². The number of fused-ring (bicyclic) bond motifs is 3. The molecule has 0 spiro atoms. The van der Waals surface area contributed by atoms with Crippen LogP contribution in [-0.4, -0.2) is 9.97 Å². The Bertz CT molecular complexity index is 1710. The summed E-state index contributed by atoms with van der Waals surface area (Å²) in [5.41, 5.74) is 7.36. The Kier molecular flexibility index (Phi) is 8.02. The average molecular weight is 685 g/mol. The number of hydrogen-bond acceptors (Lipinski definition) is 3. The molecule has 0 fully saturated rings. The van der Waals surface area contributed by atoms with Crippen molar-refractivity contribution in [2.45, 2.75) is 0 Å². The van der Waals surface area contributed by atoms with Gasteiger partial charge in [0.2, 0.25) is 0 Å². The molecule has 0 aliphatic rings. The Morgan fingerprint density at radius 2 is 1.33 bits per heavy atom. The molecule has 3 nitrogen and oxygen atoms in total. The van der Waals surface area contributed by atoms with Gasteiger partial charge >= 0.3 is 0 Å². The zero-order valence-corrected chi connectivity index (χ0v) is 23.0. The average Bonchev–Trinajstić information content (AvgIpc) is 3.38. The van der Waals surface area contributed by atoms with E-state index >= 15 is 0 Å². The van der Waals surface area contributed by atoms with Gasteiger partial charge in [-0.2, -0.15) is 0 Å². The largest absolute Gasteiger partial charge is 0.500 e. The Morgan fingerprint density at radius 3 is 2.03 bits per heavy atom. The first-order valence-corrected chi connectivity index (χ1v) is 12.2. The number of furan rings is 1. The molecule has 39 heavy (non-hydrogen) atoms. The van der Waals surface area contributed by atoms with E-state index in [-0.39, 0.29) is 25.9 Å². The van der Waals surface area contributed by atoms with Gasteiger partial charge in [0.1, 0.15) is 5.58 Å². The number of benzene rings is 4. The molecule has 1 radical (unpaired) electrons. The SMILES string of the molecule is Fc1c[c-]c(-c2ccccn2)cc1.[Ir].[c-]1ccc2c(oc3c(-c4ccccc4)cccc32)c1-c1ccccn1. The Morgan fingerprint density at radius 1 is 0.615 bits per heavy atom. The first kappa shape index (κ1) is 26.2. The standard InChI is InChI=1S/C23H14NO.C11H7FN.Ir/c1-2-8-16(9-3-1)17-10-6-11-18-19-12-7-13-20(23(19)25-22(17)18)21-14-4-5-15-24-21;12-10-6-4-9(5-7-10)11-3-1-2-8-13-11;/h1-12,14-15H;1-4,6-8H;/q2*-1;. The summed E-state index contributed by atoms with van der Waals surface area (Å²) in [6.45, 7) is 0. The summed E-state index contributed by atoms with van der Waals surface area (Å²) in [5.74, 6) is -0.278. The molecule has 191 valence electrons.